The van der Waals surface area contributed by atoms with Crippen LogP contribution in [-0.4, -0.2) is 17.8 Å². The molecule has 0 spiro atoms. The first-order valence-electron chi connectivity index (χ1n) is 7.26. The van der Waals surface area contributed by atoms with Crippen molar-refractivity contribution in [2.24, 2.45) is 0 Å². The summed E-state index contributed by atoms with van der Waals surface area (Å²) in [7, 11) is -1.71. The number of allylic oxidation sites excluding steroid dienone is 4. The van der Waals surface area contributed by atoms with Gasteiger partial charge >= 0.3 is 0 Å². The number of benzene rings is 1. The van der Waals surface area contributed by atoms with Crippen LogP contribution in [-0.2, 0) is 0 Å². The molecule has 0 amide bonds. The summed E-state index contributed by atoms with van der Waals surface area (Å²) >= 11 is 33.0. The summed E-state index contributed by atoms with van der Waals surface area (Å²) in [6.07, 6.45) is 2.02. The Morgan fingerprint density at radius 3 is 2.00 bits per heavy atom. The van der Waals surface area contributed by atoms with E-state index >= 15 is 0 Å². The lowest BCUT2D eigenvalue weighted by Crippen LogP contribution is -2.45. The van der Waals surface area contributed by atoms with Gasteiger partial charge in [0.2, 0.25) is 0 Å². The molecule has 0 aliphatic heterocycles. The van der Waals surface area contributed by atoms with Gasteiger partial charge in [-0.1, -0.05) is 66.6 Å². The Hall–Kier alpha value is 0.367. The lowest BCUT2D eigenvalue weighted by Gasteiger charge is -2.44. The molecule has 2 unspecified atom stereocenters. The van der Waals surface area contributed by atoms with Crippen LogP contribution in [0, 0.1) is 0 Å². The Morgan fingerprint density at radius 2 is 1.52 bits per heavy atom. The Bertz CT molecular complexity index is 708. The average molecular weight is 429 g/mol. The monoisotopic (exact) mass is 426 g/mol. The van der Waals surface area contributed by atoms with Crippen LogP contribution in [0.1, 0.15) is 19.4 Å². The Balaban J connectivity index is 2.82. The van der Waals surface area contributed by atoms with Crippen LogP contribution in [0.5, 0.6) is 0 Å². The maximum atomic E-state index is 6.89. The summed E-state index contributed by atoms with van der Waals surface area (Å²) in [5.74, 6) is 0. The van der Waals surface area contributed by atoms with Crippen LogP contribution in [0.15, 0.2) is 34.5 Å². The lowest BCUT2D eigenvalue weighted by atomic mass is 9.79. The van der Waals surface area contributed by atoms with E-state index in [0.29, 0.717) is 15.1 Å². The quantitative estimate of drug-likeness (QED) is 0.333. The molecule has 0 saturated heterocycles. The van der Waals surface area contributed by atoms with Crippen LogP contribution in [0.2, 0.25) is 29.7 Å². The van der Waals surface area contributed by atoms with Crippen molar-refractivity contribution in [1.82, 2.24) is 0 Å². The molecule has 0 fully saturated rings. The summed E-state index contributed by atoms with van der Waals surface area (Å²) in [6.45, 7) is 10.5. The number of alkyl halides is 2. The van der Waals surface area contributed by atoms with E-state index in [2.05, 4.69) is 19.6 Å². The van der Waals surface area contributed by atoms with Gasteiger partial charge in [-0.2, -0.15) is 0 Å². The van der Waals surface area contributed by atoms with Crippen LogP contribution in [0.3, 0.4) is 0 Å². The third kappa shape index (κ3) is 3.52. The molecule has 0 aromatic heterocycles. The van der Waals surface area contributed by atoms with E-state index in [1.807, 2.05) is 26.0 Å². The van der Waals surface area contributed by atoms with Crippen molar-refractivity contribution in [2.75, 3.05) is 0 Å². The zero-order valence-corrected chi connectivity index (χ0v) is 18.5. The third-order valence-corrected chi connectivity index (χ3v) is 8.54. The fourth-order valence-electron chi connectivity index (χ4n) is 2.66. The summed E-state index contributed by atoms with van der Waals surface area (Å²) in [6, 6.07) is 5.33. The van der Waals surface area contributed by atoms with Crippen molar-refractivity contribution in [2.45, 2.75) is 43.2 Å². The van der Waals surface area contributed by atoms with Crippen LogP contribution in [0.4, 0.5) is 0 Å². The zero-order chi connectivity index (χ0) is 17.8. The summed E-state index contributed by atoms with van der Waals surface area (Å²) in [5.41, 5.74) is 1.54. The van der Waals surface area contributed by atoms with Crippen LogP contribution >= 0.6 is 58.0 Å². The highest BCUT2D eigenvalue weighted by atomic mass is 35.5. The molecule has 6 heteroatoms. The van der Waals surface area contributed by atoms with Gasteiger partial charge in [0.15, 0.2) is 0 Å². The minimum absolute atomic E-state index is 0.516. The Labute approximate surface area is 164 Å². The maximum absolute atomic E-state index is 6.89. The first-order valence-corrected chi connectivity index (χ1v) is 12.7. The molecular formula is C17H19Cl5Si. The molecule has 126 valence electrons. The summed E-state index contributed by atoms with van der Waals surface area (Å²) < 4.78 is 0. The second kappa shape index (κ2) is 6.27. The number of hydrogen-bond acceptors (Lipinski definition) is 0. The van der Waals surface area contributed by atoms with Gasteiger partial charge in [-0.15, -0.1) is 23.2 Å². The molecule has 1 aliphatic rings. The molecule has 2 rings (SSSR count). The van der Waals surface area contributed by atoms with E-state index in [0.717, 1.165) is 16.3 Å². The Kier molecular flexibility index (Phi) is 5.36. The van der Waals surface area contributed by atoms with E-state index < -0.39 is 17.8 Å². The minimum atomic E-state index is -1.71. The first-order chi connectivity index (χ1) is 10.3. The predicted molar refractivity (Wildman–Crippen MR) is 109 cm³/mol. The van der Waals surface area contributed by atoms with Crippen molar-refractivity contribution in [3.8, 4) is 0 Å². The molecule has 0 heterocycles. The van der Waals surface area contributed by atoms with Crippen molar-refractivity contribution in [3.63, 3.8) is 0 Å². The summed E-state index contributed by atoms with van der Waals surface area (Å²) in [4.78, 5) is -1.67. The van der Waals surface area contributed by atoms with Gasteiger partial charge in [0.1, 0.15) is 0 Å². The molecule has 1 aromatic rings. The highest BCUT2D eigenvalue weighted by Crippen LogP contribution is 2.55. The van der Waals surface area contributed by atoms with Crippen molar-refractivity contribution < 1.29 is 0 Å². The molecule has 0 N–H and O–H groups in total. The number of rotatable bonds is 2. The smallest absolute Gasteiger partial charge is 0.0911 e. The third-order valence-electron chi connectivity index (χ3n) is 4.27. The number of hydrogen-bond donors (Lipinski definition) is 0. The standard InChI is InChI=1S/C17H19Cl5Si/c1-16(21)9-13(23(3,4)5)15(20)14(17(16,2)22)11-7-6-10(18)8-12(11)19/h6-9H,1-5H3. The zero-order valence-electron chi connectivity index (χ0n) is 13.7. The largest absolute Gasteiger partial charge is 0.113 e. The minimum Gasteiger partial charge on any atom is -0.113 e. The highest BCUT2D eigenvalue weighted by Gasteiger charge is 2.50. The SMILES string of the molecule is CC1(Cl)C=C([Si](C)(C)C)C(Cl)=C(c2ccc(Cl)cc2Cl)C1(C)Cl. The Morgan fingerprint density at radius 1 is 0.957 bits per heavy atom. The van der Waals surface area contributed by atoms with Crippen LogP contribution in [0.25, 0.3) is 5.57 Å². The molecule has 1 aliphatic carbocycles. The van der Waals surface area contributed by atoms with Crippen molar-refractivity contribution in [3.05, 3.63) is 50.1 Å². The predicted octanol–water partition coefficient (Wildman–Crippen LogP) is 7.76. The highest BCUT2D eigenvalue weighted by molar-refractivity contribution is 6.85. The molecule has 23 heavy (non-hydrogen) atoms. The molecule has 0 nitrogen and oxygen atoms in total. The number of halogens is 5. The van der Waals surface area contributed by atoms with Crippen molar-refractivity contribution >= 4 is 71.7 Å². The van der Waals surface area contributed by atoms with Gasteiger partial charge in [-0.25, -0.2) is 0 Å². The molecule has 2 atom stereocenters. The first kappa shape index (κ1) is 19.7. The molecule has 1 aromatic carbocycles. The van der Waals surface area contributed by atoms with E-state index in [4.69, 9.17) is 58.0 Å². The van der Waals surface area contributed by atoms with Gasteiger partial charge in [-0.3, -0.25) is 0 Å². The van der Waals surface area contributed by atoms with Gasteiger partial charge in [0.05, 0.1) is 17.8 Å². The molecule has 0 bridgehead atoms. The van der Waals surface area contributed by atoms with Crippen molar-refractivity contribution in [1.29, 1.82) is 0 Å². The summed E-state index contributed by atoms with van der Waals surface area (Å²) in [5, 5.41) is 2.83. The normalized spacial score (nSPS) is 28.9. The van der Waals surface area contributed by atoms with E-state index in [-0.39, 0.29) is 0 Å². The average Bonchev–Trinajstić information content (AvgIpc) is 2.35. The maximum Gasteiger partial charge on any atom is 0.0911 e. The van der Waals surface area contributed by atoms with Crippen LogP contribution < -0.4 is 0 Å². The van der Waals surface area contributed by atoms with Gasteiger partial charge in [0, 0.05) is 20.7 Å². The van der Waals surface area contributed by atoms with E-state index in [1.54, 1.807) is 12.1 Å². The fourth-order valence-corrected chi connectivity index (χ4v) is 6.46. The van der Waals surface area contributed by atoms with E-state index in [1.165, 1.54) is 0 Å². The molecule has 0 radical (unpaired) electrons. The van der Waals surface area contributed by atoms with E-state index in [9.17, 15) is 0 Å². The second-order valence-electron chi connectivity index (χ2n) is 7.20. The van der Waals surface area contributed by atoms with Gasteiger partial charge in [0.25, 0.3) is 0 Å². The second-order valence-corrected chi connectivity index (χ2v) is 15.0. The fraction of sp³-hybridized carbons (Fsp3) is 0.412. The van der Waals surface area contributed by atoms with Gasteiger partial charge < -0.3 is 0 Å². The molecular weight excluding hydrogens is 410 g/mol. The lowest BCUT2D eigenvalue weighted by molar-refractivity contribution is 0.639. The topological polar surface area (TPSA) is 0 Å². The molecule has 0 saturated carbocycles. The van der Waals surface area contributed by atoms with Gasteiger partial charge in [-0.05, 0) is 36.7 Å².